The van der Waals surface area contributed by atoms with Crippen LogP contribution in [0.3, 0.4) is 0 Å². The minimum Gasteiger partial charge on any atom is -0.497 e. The summed E-state index contributed by atoms with van der Waals surface area (Å²) in [4.78, 5) is 15.0. The maximum Gasteiger partial charge on any atom is 0.272 e. The van der Waals surface area contributed by atoms with Crippen LogP contribution in [0.4, 0.5) is 5.69 Å². The fraction of sp³-hybridized carbons (Fsp3) is 0.214. The van der Waals surface area contributed by atoms with Crippen molar-refractivity contribution in [3.8, 4) is 5.75 Å². The van der Waals surface area contributed by atoms with Crippen molar-refractivity contribution >= 4 is 11.6 Å². The summed E-state index contributed by atoms with van der Waals surface area (Å²) >= 11 is 0. The number of hydrogen-bond acceptors (Lipinski definition) is 2. The van der Waals surface area contributed by atoms with Crippen LogP contribution in [0.1, 0.15) is 23.1 Å². The number of benzene rings is 1. The third kappa shape index (κ3) is 2.71. The predicted molar refractivity (Wildman–Crippen MR) is 71.1 cm³/mol. The molecule has 1 heterocycles. The van der Waals surface area contributed by atoms with Gasteiger partial charge in [-0.2, -0.15) is 0 Å². The number of carbonyl (C=O) groups excluding carboxylic acids is 1. The first-order valence-electron chi connectivity index (χ1n) is 5.86. The second kappa shape index (κ2) is 5.40. The molecule has 0 atom stereocenters. The number of amides is 1. The smallest absolute Gasteiger partial charge is 0.272 e. The van der Waals surface area contributed by atoms with Crippen LogP contribution in [0.2, 0.25) is 0 Å². The van der Waals surface area contributed by atoms with E-state index in [9.17, 15) is 4.79 Å². The number of aromatic nitrogens is 1. The number of nitrogens with one attached hydrogen (secondary N) is 2. The van der Waals surface area contributed by atoms with E-state index in [4.69, 9.17) is 4.74 Å². The number of aryl methyl sites for hydroxylation is 1. The number of H-pyrrole nitrogens is 1. The predicted octanol–water partition coefficient (Wildman–Crippen LogP) is 2.84. The zero-order valence-electron chi connectivity index (χ0n) is 10.5. The van der Waals surface area contributed by atoms with Crippen molar-refractivity contribution in [3.63, 3.8) is 0 Å². The average Bonchev–Trinajstić information content (AvgIpc) is 2.88. The van der Waals surface area contributed by atoms with Gasteiger partial charge in [0.05, 0.1) is 7.11 Å². The van der Waals surface area contributed by atoms with E-state index in [0.717, 1.165) is 12.1 Å². The van der Waals surface area contributed by atoms with Gasteiger partial charge in [0.1, 0.15) is 11.4 Å². The van der Waals surface area contributed by atoms with Crippen LogP contribution < -0.4 is 10.1 Å². The van der Waals surface area contributed by atoms with Gasteiger partial charge in [0, 0.05) is 17.4 Å². The number of ether oxygens (including phenoxy) is 1. The molecule has 4 nitrogen and oxygen atoms in total. The van der Waals surface area contributed by atoms with E-state index >= 15 is 0 Å². The first kappa shape index (κ1) is 12.2. The van der Waals surface area contributed by atoms with Gasteiger partial charge in [0.25, 0.3) is 5.91 Å². The Kier molecular flexibility index (Phi) is 3.67. The monoisotopic (exact) mass is 244 g/mol. The van der Waals surface area contributed by atoms with Crippen molar-refractivity contribution in [3.05, 3.63) is 47.8 Å². The topological polar surface area (TPSA) is 54.1 Å². The highest BCUT2D eigenvalue weighted by molar-refractivity contribution is 6.03. The third-order valence-corrected chi connectivity index (χ3v) is 2.70. The van der Waals surface area contributed by atoms with E-state index in [1.165, 1.54) is 0 Å². The Hall–Kier alpha value is -2.23. The number of aromatic amines is 1. The van der Waals surface area contributed by atoms with E-state index in [0.29, 0.717) is 17.1 Å². The molecule has 1 aromatic carbocycles. The quantitative estimate of drug-likeness (QED) is 0.868. The number of rotatable bonds is 4. The molecule has 0 aliphatic rings. The van der Waals surface area contributed by atoms with Gasteiger partial charge in [-0.15, -0.1) is 0 Å². The molecule has 2 aromatic rings. The first-order chi connectivity index (χ1) is 8.72. The molecule has 0 aliphatic heterocycles. The van der Waals surface area contributed by atoms with Crippen LogP contribution in [0.5, 0.6) is 5.75 Å². The lowest BCUT2D eigenvalue weighted by molar-refractivity contribution is 0.102. The van der Waals surface area contributed by atoms with Crippen LogP contribution in [-0.4, -0.2) is 18.0 Å². The Labute approximate surface area is 106 Å². The minimum absolute atomic E-state index is 0.150. The van der Waals surface area contributed by atoms with Gasteiger partial charge in [0.15, 0.2) is 0 Å². The van der Waals surface area contributed by atoms with Gasteiger partial charge in [-0.25, -0.2) is 0 Å². The highest BCUT2D eigenvalue weighted by Crippen LogP contribution is 2.17. The van der Waals surface area contributed by atoms with Gasteiger partial charge in [-0.1, -0.05) is 13.0 Å². The third-order valence-electron chi connectivity index (χ3n) is 2.70. The number of methoxy groups -OCH3 is 1. The van der Waals surface area contributed by atoms with Crippen molar-refractivity contribution < 1.29 is 9.53 Å². The van der Waals surface area contributed by atoms with Crippen LogP contribution in [0, 0.1) is 0 Å². The van der Waals surface area contributed by atoms with Gasteiger partial charge in [-0.05, 0) is 30.7 Å². The molecule has 94 valence electrons. The molecule has 1 aromatic heterocycles. The van der Waals surface area contributed by atoms with Crippen molar-refractivity contribution in [2.45, 2.75) is 13.3 Å². The molecule has 18 heavy (non-hydrogen) atoms. The summed E-state index contributed by atoms with van der Waals surface area (Å²) < 4.78 is 5.10. The Morgan fingerprint density at radius 3 is 2.83 bits per heavy atom. The normalized spacial score (nSPS) is 10.1. The summed E-state index contributed by atoms with van der Waals surface area (Å²) in [6.07, 6.45) is 0.881. The Balaban J connectivity index is 2.10. The maximum absolute atomic E-state index is 12.0. The fourth-order valence-corrected chi connectivity index (χ4v) is 1.68. The molecule has 0 radical (unpaired) electrons. The second-order valence-electron chi connectivity index (χ2n) is 3.94. The van der Waals surface area contributed by atoms with Crippen LogP contribution in [0.25, 0.3) is 0 Å². The highest BCUT2D eigenvalue weighted by atomic mass is 16.5. The van der Waals surface area contributed by atoms with Crippen molar-refractivity contribution in [2.75, 3.05) is 12.4 Å². The zero-order valence-corrected chi connectivity index (χ0v) is 10.5. The summed E-state index contributed by atoms with van der Waals surface area (Å²) in [7, 11) is 1.60. The van der Waals surface area contributed by atoms with Gasteiger partial charge >= 0.3 is 0 Å². The van der Waals surface area contributed by atoms with Gasteiger partial charge < -0.3 is 15.0 Å². The molecule has 4 heteroatoms. The van der Waals surface area contributed by atoms with Crippen LogP contribution in [0.15, 0.2) is 36.4 Å². The molecule has 0 aliphatic carbocycles. The molecular weight excluding hydrogens is 228 g/mol. The van der Waals surface area contributed by atoms with Crippen molar-refractivity contribution in [1.82, 2.24) is 4.98 Å². The zero-order chi connectivity index (χ0) is 13.0. The standard InChI is InChI=1S/C14H16N2O2/c1-3-10-7-8-13(15-10)14(17)16-11-5-4-6-12(9-11)18-2/h4-9,15H,3H2,1-2H3,(H,16,17). The number of hydrogen-bond donors (Lipinski definition) is 2. The average molecular weight is 244 g/mol. The number of anilines is 1. The summed E-state index contributed by atoms with van der Waals surface area (Å²) in [6.45, 7) is 2.04. The molecule has 0 saturated carbocycles. The molecule has 2 N–H and O–H groups in total. The minimum atomic E-state index is -0.150. The highest BCUT2D eigenvalue weighted by Gasteiger charge is 2.08. The van der Waals surface area contributed by atoms with E-state index in [-0.39, 0.29) is 5.91 Å². The fourth-order valence-electron chi connectivity index (χ4n) is 1.68. The summed E-state index contributed by atoms with van der Waals surface area (Å²) in [5, 5.41) is 2.82. The van der Waals surface area contributed by atoms with Crippen LogP contribution in [-0.2, 0) is 6.42 Å². The van der Waals surface area contributed by atoms with Gasteiger partial charge in [0.2, 0.25) is 0 Å². The Morgan fingerprint density at radius 2 is 2.17 bits per heavy atom. The van der Waals surface area contributed by atoms with E-state index < -0.39 is 0 Å². The maximum atomic E-state index is 12.0. The van der Waals surface area contributed by atoms with E-state index in [2.05, 4.69) is 10.3 Å². The van der Waals surface area contributed by atoms with Gasteiger partial charge in [-0.3, -0.25) is 4.79 Å². The molecule has 0 bridgehead atoms. The Bertz CT molecular complexity index is 546. The van der Waals surface area contributed by atoms with Crippen molar-refractivity contribution in [1.29, 1.82) is 0 Å². The number of carbonyl (C=O) groups is 1. The first-order valence-corrected chi connectivity index (χ1v) is 5.86. The summed E-state index contributed by atoms with van der Waals surface area (Å²) in [5.41, 5.74) is 2.33. The molecule has 0 fully saturated rings. The largest absolute Gasteiger partial charge is 0.497 e. The van der Waals surface area contributed by atoms with Crippen LogP contribution >= 0.6 is 0 Å². The lowest BCUT2D eigenvalue weighted by atomic mass is 10.3. The molecule has 1 amide bonds. The summed E-state index contributed by atoms with van der Waals surface area (Å²) in [5.74, 6) is 0.566. The molecule has 0 unspecified atom stereocenters. The second-order valence-corrected chi connectivity index (χ2v) is 3.94. The lowest BCUT2D eigenvalue weighted by Gasteiger charge is -2.05. The lowest BCUT2D eigenvalue weighted by Crippen LogP contribution is -2.12. The molecular formula is C14H16N2O2. The Morgan fingerprint density at radius 1 is 1.33 bits per heavy atom. The van der Waals surface area contributed by atoms with E-state index in [1.807, 2.05) is 31.2 Å². The summed E-state index contributed by atoms with van der Waals surface area (Å²) in [6, 6.07) is 11.0. The molecule has 0 spiro atoms. The van der Waals surface area contributed by atoms with E-state index in [1.54, 1.807) is 19.2 Å². The molecule has 0 saturated heterocycles. The SMILES string of the molecule is CCc1ccc(C(=O)Nc2cccc(OC)c2)[nH]1. The van der Waals surface area contributed by atoms with Crippen molar-refractivity contribution in [2.24, 2.45) is 0 Å². The molecule has 2 rings (SSSR count).